The Morgan fingerprint density at radius 3 is 3.00 bits per heavy atom. The summed E-state index contributed by atoms with van der Waals surface area (Å²) < 4.78 is 0. The minimum atomic E-state index is 0.279. The van der Waals surface area contributed by atoms with E-state index in [9.17, 15) is 5.11 Å². The predicted octanol–water partition coefficient (Wildman–Crippen LogP) is 3.17. The van der Waals surface area contributed by atoms with Crippen LogP contribution in [-0.2, 0) is 0 Å². The summed E-state index contributed by atoms with van der Waals surface area (Å²) in [5.74, 6) is 1.74. The van der Waals surface area contributed by atoms with Crippen LogP contribution in [0.25, 0.3) is 11.0 Å². The number of hydrogen-bond donors (Lipinski definition) is 2. The molecule has 0 radical (unpaired) electrons. The van der Waals surface area contributed by atoms with E-state index in [0.29, 0.717) is 5.92 Å². The van der Waals surface area contributed by atoms with Crippen LogP contribution in [0, 0.1) is 0 Å². The van der Waals surface area contributed by atoms with Crippen molar-refractivity contribution in [3.8, 4) is 5.75 Å². The Morgan fingerprint density at radius 1 is 1.47 bits per heavy atom. The number of nitrogens with zero attached hydrogens (tertiary/aromatic N) is 1. The van der Waals surface area contributed by atoms with Crippen molar-refractivity contribution in [2.24, 2.45) is 0 Å². The summed E-state index contributed by atoms with van der Waals surface area (Å²) in [5, 5.41) is 9.33. The molecule has 0 aliphatic heterocycles. The molecule has 1 aromatic heterocycles. The highest BCUT2D eigenvalue weighted by Crippen LogP contribution is 2.23. The number of phenols is 1. The number of H-pyrrole nitrogens is 1. The van der Waals surface area contributed by atoms with Crippen LogP contribution in [0.2, 0.25) is 0 Å². The fraction of sp³-hybridized carbons (Fsp3) is 0.417. The lowest BCUT2D eigenvalue weighted by molar-refractivity contribution is 0.476. The van der Waals surface area contributed by atoms with Gasteiger partial charge in [0.1, 0.15) is 11.6 Å². The molecule has 80 valence electrons. The Hall–Kier alpha value is -1.51. The molecule has 1 aromatic carbocycles. The summed E-state index contributed by atoms with van der Waals surface area (Å²) >= 11 is 0. The summed E-state index contributed by atoms with van der Waals surface area (Å²) in [5.41, 5.74) is 1.83. The van der Waals surface area contributed by atoms with Crippen LogP contribution in [0.3, 0.4) is 0 Å². The SMILES string of the molecule is CCCC(C)c1nc2ccc(O)cc2[nH]1. The number of hydrogen-bond acceptors (Lipinski definition) is 2. The van der Waals surface area contributed by atoms with Gasteiger partial charge in [0.25, 0.3) is 0 Å². The molecule has 0 fully saturated rings. The number of phenolic OH excluding ortho intramolecular Hbond substituents is 1. The van der Waals surface area contributed by atoms with Gasteiger partial charge in [-0.05, 0) is 18.6 Å². The minimum Gasteiger partial charge on any atom is -0.508 e. The summed E-state index contributed by atoms with van der Waals surface area (Å²) in [6.45, 7) is 4.34. The molecule has 1 heterocycles. The molecule has 0 saturated carbocycles. The Kier molecular flexibility index (Phi) is 2.62. The zero-order valence-electron chi connectivity index (χ0n) is 9.12. The van der Waals surface area contributed by atoms with Gasteiger partial charge >= 0.3 is 0 Å². The lowest BCUT2D eigenvalue weighted by Crippen LogP contribution is -1.94. The molecule has 0 amide bonds. The van der Waals surface area contributed by atoms with Gasteiger partial charge in [0.05, 0.1) is 11.0 Å². The third-order valence-corrected chi connectivity index (χ3v) is 2.67. The van der Waals surface area contributed by atoms with Crippen molar-refractivity contribution in [3.05, 3.63) is 24.0 Å². The smallest absolute Gasteiger partial charge is 0.117 e. The predicted molar refractivity (Wildman–Crippen MR) is 61.1 cm³/mol. The molecule has 2 aromatic rings. The monoisotopic (exact) mass is 204 g/mol. The largest absolute Gasteiger partial charge is 0.508 e. The molecule has 2 rings (SSSR count). The molecular formula is C12H16N2O. The van der Waals surface area contributed by atoms with E-state index in [-0.39, 0.29) is 5.75 Å². The van der Waals surface area contributed by atoms with Crippen LogP contribution in [0.5, 0.6) is 5.75 Å². The first kappa shape index (κ1) is 10.0. The van der Waals surface area contributed by atoms with Crippen molar-refractivity contribution in [1.29, 1.82) is 0 Å². The van der Waals surface area contributed by atoms with Gasteiger partial charge in [-0.25, -0.2) is 4.98 Å². The first-order valence-electron chi connectivity index (χ1n) is 5.39. The van der Waals surface area contributed by atoms with Crippen LogP contribution < -0.4 is 0 Å². The number of imidazole rings is 1. The number of rotatable bonds is 3. The van der Waals surface area contributed by atoms with Crippen molar-refractivity contribution in [1.82, 2.24) is 9.97 Å². The van der Waals surface area contributed by atoms with Gasteiger partial charge in [-0.2, -0.15) is 0 Å². The number of benzene rings is 1. The van der Waals surface area contributed by atoms with Crippen LogP contribution in [-0.4, -0.2) is 15.1 Å². The van der Waals surface area contributed by atoms with E-state index in [1.807, 2.05) is 6.07 Å². The molecule has 2 N–H and O–H groups in total. The summed E-state index contributed by atoms with van der Waals surface area (Å²) in [7, 11) is 0. The topological polar surface area (TPSA) is 48.9 Å². The van der Waals surface area contributed by atoms with E-state index in [2.05, 4.69) is 23.8 Å². The molecule has 0 spiro atoms. The fourth-order valence-electron chi connectivity index (χ4n) is 1.82. The van der Waals surface area contributed by atoms with Crippen molar-refractivity contribution in [3.63, 3.8) is 0 Å². The summed E-state index contributed by atoms with van der Waals surface area (Å²) in [6.07, 6.45) is 2.29. The second kappa shape index (κ2) is 3.93. The third kappa shape index (κ3) is 1.96. The maximum atomic E-state index is 9.33. The Morgan fingerprint density at radius 2 is 2.27 bits per heavy atom. The molecule has 0 saturated heterocycles. The van der Waals surface area contributed by atoms with Gasteiger partial charge in [0.2, 0.25) is 0 Å². The second-order valence-corrected chi connectivity index (χ2v) is 4.01. The molecule has 0 aliphatic rings. The van der Waals surface area contributed by atoms with Crippen molar-refractivity contribution >= 4 is 11.0 Å². The zero-order chi connectivity index (χ0) is 10.8. The van der Waals surface area contributed by atoms with E-state index in [4.69, 9.17) is 0 Å². The van der Waals surface area contributed by atoms with Crippen molar-refractivity contribution in [2.75, 3.05) is 0 Å². The highest BCUT2D eigenvalue weighted by atomic mass is 16.3. The van der Waals surface area contributed by atoms with Gasteiger partial charge in [0, 0.05) is 12.0 Å². The van der Waals surface area contributed by atoms with Gasteiger partial charge in [-0.15, -0.1) is 0 Å². The fourth-order valence-corrected chi connectivity index (χ4v) is 1.82. The first-order valence-corrected chi connectivity index (χ1v) is 5.39. The number of aromatic amines is 1. The highest BCUT2D eigenvalue weighted by molar-refractivity contribution is 5.76. The summed E-state index contributed by atoms with van der Waals surface area (Å²) in [6, 6.07) is 5.21. The lowest BCUT2D eigenvalue weighted by atomic mass is 10.1. The molecule has 0 aliphatic carbocycles. The number of fused-ring (bicyclic) bond motifs is 1. The standard InChI is InChI=1S/C12H16N2O/c1-3-4-8(2)12-13-10-6-5-9(15)7-11(10)14-12/h5-8,15H,3-4H2,1-2H3,(H,13,14). The molecule has 3 nitrogen and oxygen atoms in total. The van der Waals surface area contributed by atoms with E-state index in [1.54, 1.807) is 12.1 Å². The Balaban J connectivity index is 2.38. The molecular weight excluding hydrogens is 188 g/mol. The minimum absolute atomic E-state index is 0.279. The molecule has 1 unspecified atom stereocenters. The summed E-state index contributed by atoms with van der Waals surface area (Å²) in [4.78, 5) is 7.76. The van der Waals surface area contributed by atoms with Crippen LogP contribution >= 0.6 is 0 Å². The van der Waals surface area contributed by atoms with E-state index < -0.39 is 0 Å². The van der Waals surface area contributed by atoms with Crippen molar-refractivity contribution in [2.45, 2.75) is 32.6 Å². The van der Waals surface area contributed by atoms with Gasteiger partial charge in [-0.1, -0.05) is 20.3 Å². The average Bonchev–Trinajstić information content (AvgIpc) is 2.60. The van der Waals surface area contributed by atoms with Crippen LogP contribution in [0.4, 0.5) is 0 Å². The molecule has 15 heavy (non-hydrogen) atoms. The maximum Gasteiger partial charge on any atom is 0.117 e. The number of aromatic hydroxyl groups is 1. The molecule has 1 atom stereocenters. The Bertz CT molecular complexity index is 462. The van der Waals surface area contributed by atoms with Gasteiger partial charge in [-0.3, -0.25) is 0 Å². The normalized spacial score (nSPS) is 13.2. The van der Waals surface area contributed by atoms with Gasteiger partial charge < -0.3 is 10.1 Å². The highest BCUT2D eigenvalue weighted by Gasteiger charge is 2.09. The first-order chi connectivity index (χ1) is 7.20. The van der Waals surface area contributed by atoms with Gasteiger partial charge in [0.15, 0.2) is 0 Å². The van der Waals surface area contributed by atoms with Crippen molar-refractivity contribution < 1.29 is 5.11 Å². The van der Waals surface area contributed by atoms with E-state index in [0.717, 1.165) is 29.7 Å². The molecule has 3 heteroatoms. The molecule has 0 bridgehead atoms. The number of aromatic nitrogens is 2. The Labute approximate surface area is 89.2 Å². The van der Waals surface area contributed by atoms with Crippen LogP contribution in [0.15, 0.2) is 18.2 Å². The zero-order valence-corrected chi connectivity index (χ0v) is 9.12. The third-order valence-electron chi connectivity index (χ3n) is 2.67. The average molecular weight is 204 g/mol. The second-order valence-electron chi connectivity index (χ2n) is 4.01. The lowest BCUT2D eigenvalue weighted by Gasteiger charge is -2.04. The van der Waals surface area contributed by atoms with E-state index in [1.165, 1.54) is 0 Å². The van der Waals surface area contributed by atoms with Crippen LogP contribution in [0.1, 0.15) is 38.4 Å². The number of nitrogens with one attached hydrogen (secondary N) is 1. The quantitative estimate of drug-likeness (QED) is 0.806. The maximum absolute atomic E-state index is 9.33. The van der Waals surface area contributed by atoms with E-state index >= 15 is 0 Å².